The standard InChI is InChI=1S/C18H21FN2O/c1-18(2,14-10-6-7-11-15(14)19)17(22)21-12-16(20)13-8-4-3-5-9-13/h3-11,16H,12,20H2,1-2H3,(H,21,22). The zero-order valence-corrected chi connectivity index (χ0v) is 12.8. The number of hydrogen-bond donors (Lipinski definition) is 2. The lowest BCUT2D eigenvalue weighted by Crippen LogP contribution is -2.43. The Balaban J connectivity index is 2.04. The third kappa shape index (κ3) is 3.52. The van der Waals surface area contributed by atoms with E-state index >= 15 is 0 Å². The second-order valence-electron chi connectivity index (χ2n) is 5.83. The van der Waals surface area contributed by atoms with Gasteiger partial charge in [-0.2, -0.15) is 0 Å². The Bertz CT molecular complexity index is 641. The van der Waals surface area contributed by atoms with E-state index in [1.165, 1.54) is 6.07 Å². The van der Waals surface area contributed by atoms with Crippen LogP contribution in [0.4, 0.5) is 4.39 Å². The third-order valence-electron chi connectivity index (χ3n) is 3.83. The first-order chi connectivity index (χ1) is 10.4. The van der Waals surface area contributed by atoms with E-state index in [4.69, 9.17) is 5.73 Å². The van der Waals surface area contributed by atoms with Crippen molar-refractivity contribution >= 4 is 5.91 Å². The van der Waals surface area contributed by atoms with Gasteiger partial charge in [-0.3, -0.25) is 4.79 Å². The van der Waals surface area contributed by atoms with Crippen LogP contribution in [0.1, 0.15) is 31.0 Å². The van der Waals surface area contributed by atoms with Crippen molar-refractivity contribution in [2.45, 2.75) is 25.3 Å². The van der Waals surface area contributed by atoms with Crippen LogP contribution in [0.3, 0.4) is 0 Å². The molecule has 0 bridgehead atoms. The predicted octanol–water partition coefficient (Wildman–Crippen LogP) is 2.92. The molecule has 0 aliphatic carbocycles. The molecule has 1 atom stereocenters. The Morgan fingerprint density at radius 2 is 1.73 bits per heavy atom. The molecule has 0 heterocycles. The minimum absolute atomic E-state index is 0.246. The molecule has 116 valence electrons. The topological polar surface area (TPSA) is 55.1 Å². The lowest BCUT2D eigenvalue weighted by atomic mass is 9.83. The first kappa shape index (κ1) is 16.2. The van der Waals surface area contributed by atoms with E-state index in [1.54, 1.807) is 32.0 Å². The van der Waals surface area contributed by atoms with Gasteiger partial charge in [0.25, 0.3) is 0 Å². The minimum Gasteiger partial charge on any atom is -0.353 e. The van der Waals surface area contributed by atoms with Crippen molar-refractivity contribution in [1.29, 1.82) is 0 Å². The Labute approximate surface area is 130 Å². The molecule has 0 aliphatic rings. The zero-order chi connectivity index (χ0) is 16.2. The molecular formula is C18H21FN2O. The maximum Gasteiger partial charge on any atom is 0.230 e. The summed E-state index contributed by atoms with van der Waals surface area (Å²) in [6.45, 7) is 3.71. The molecule has 0 spiro atoms. The Hall–Kier alpha value is -2.20. The van der Waals surface area contributed by atoms with Gasteiger partial charge in [0, 0.05) is 18.2 Å². The normalized spacial score (nSPS) is 12.7. The molecule has 0 aliphatic heterocycles. The highest BCUT2D eigenvalue weighted by atomic mass is 19.1. The predicted molar refractivity (Wildman–Crippen MR) is 85.8 cm³/mol. The quantitative estimate of drug-likeness (QED) is 0.892. The SMILES string of the molecule is CC(C)(C(=O)NCC(N)c1ccccc1)c1ccccc1F. The third-order valence-corrected chi connectivity index (χ3v) is 3.83. The van der Waals surface area contributed by atoms with Crippen LogP contribution >= 0.6 is 0 Å². The molecule has 0 saturated carbocycles. The fraction of sp³-hybridized carbons (Fsp3) is 0.278. The number of benzene rings is 2. The van der Waals surface area contributed by atoms with Crippen molar-refractivity contribution < 1.29 is 9.18 Å². The number of nitrogens with one attached hydrogen (secondary N) is 1. The van der Waals surface area contributed by atoms with Crippen molar-refractivity contribution in [3.8, 4) is 0 Å². The molecule has 0 aromatic heterocycles. The van der Waals surface area contributed by atoms with E-state index in [-0.39, 0.29) is 17.8 Å². The zero-order valence-electron chi connectivity index (χ0n) is 12.8. The number of halogens is 1. The van der Waals surface area contributed by atoms with Crippen LogP contribution in [0.2, 0.25) is 0 Å². The van der Waals surface area contributed by atoms with Crippen molar-refractivity contribution in [1.82, 2.24) is 5.32 Å². The maximum absolute atomic E-state index is 13.9. The van der Waals surface area contributed by atoms with Gasteiger partial charge < -0.3 is 11.1 Å². The van der Waals surface area contributed by atoms with E-state index in [9.17, 15) is 9.18 Å². The van der Waals surface area contributed by atoms with Gasteiger partial charge >= 0.3 is 0 Å². The van der Waals surface area contributed by atoms with Crippen LogP contribution < -0.4 is 11.1 Å². The lowest BCUT2D eigenvalue weighted by molar-refractivity contribution is -0.125. The highest BCUT2D eigenvalue weighted by molar-refractivity contribution is 5.87. The summed E-state index contributed by atoms with van der Waals surface area (Å²) in [6.07, 6.45) is 0. The number of carbonyl (C=O) groups excluding carboxylic acids is 1. The molecule has 4 heteroatoms. The van der Waals surface area contributed by atoms with Crippen LogP contribution in [-0.2, 0) is 10.2 Å². The molecule has 3 nitrogen and oxygen atoms in total. The van der Waals surface area contributed by atoms with Gasteiger partial charge in [0.15, 0.2) is 0 Å². The van der Waals surface area contributed by atoms with Gasteiger partial charge in [-0.1, -0.05) is 48.5 Å². The van der Waals surface area contributed by atoms with Gasteiger partial charge in [0.05, 0.1) is 5.41 Å². The molecule has 2 aromatic rings. The molecule has 2 rings (SSSR count). The first-order valence-electron chi connectivity index (χ1n) is 7.26. The van der Waals surface area contributed by atoms with Gasteiger partial charge in [0.1, 0.15) is 5.82 Å². The van der Waals surface area contributed by atoms with Crippen LogP contribution in [0.5, 0.6) is 0 Å². The van der Waals surface area contributed by atoms with Gasteiger partial charge in [-0.25, -0.2) is 4.39 Å². The summed E-state index contributed by atoms with van der Waals surface area (Å²) in [5.74, 6) is -0.626. The summed E-state index contributed by atoms with van der Waals surface area (Å²) in [7, 11) is 0. The number of hydrogen-bond acceptors (Lipinski definition) is 2. The van der Waals surface area contributed by atoms with Gasteiger partial charge in [0.2, 0.25) is 5.91 Å². The summed E-state index contributed by atoms with van der Waals surface area (Å²) >= 11 is 0. The Morgan fingerprint density at radius 3 is 2.36 bits per heavy atom. The largest absolute Gasteiger partial charge is 0.353 e. The van der Waals surface area contributed by atoms with Crippen molar-refractivity contribution in [2.75, 3.05) is 6.54 Å². The number of carbonyl (C=O) groups is 1. The van der Waals surface area contributed by atoms with E-state index < -0.39 is 5.41 Å². The monoisotopic (exact) mass is 300 g/mol. The molecule has 3 N–H and O–H groups in total. The van der Waals surface area contributed by atoms with Crippen LogP contribution in [0.15, 0.2) is 54.6 Å². The summed E-state index contributed by atoms with van der Waals surface area (Å²) in [4.78, 5) is 12.4. The van der Waals surface area contributed by atoms with E-state index in [1.807, 2.05) is 30.3 Å². The van der Waals surface area contributed by atoms with E-state index in [0.29, 0.717) is 12.1 Å². The van der Waals surface area contributed by atoms with Crippen LogP contribution in [0, 0.1) is 5.82 Å². The van der Waals surface area contributed by atoms with Crippen LogP contribution in [0.25, 0.3) is 0 Å². The van der Waals surface area contributed by atoms with Crippen molar-refractivity contribution in [3.05, 3.63) is 71.5 Å². The summed E-state index contributed by atoms with van der Waals surface area (Å²) in [5, 5.41) is 2.82. The molecule has 0 saturated heterocycles. The number of amides is 1. The van der Waals surface area contributed by atoms with Crippen molar-refractivity contribution in [3.63, 3.8) is 0 Å². The average Bonchev–Trinajstić information content (AvgIpc) is 2.53. The highest BCUT2D eigenvalue weighted by Gasteiger charge is 2.32. The fourth-order valence-corrected chi connectivity index (χ4v) is 2.33. The van der Waals surface area contributed by atoms with E-state index in [2.05, 4.69) is 5.32 Å². The minimum atomic E-state index is -0.957. The summed E-state index contributed by atoms with van der Waals surface area (Å²) < 4.78 is 13.9. The molecule has 1 unspecified atom stereocenters. The molecular weight excluding hydrogens is 279 g/mol. The number of rotatable bonds is 5. The second-order valence-corrected chi connectivity index (χ2v) is 5.83. The first-order valence-corrected chi connectivity index (χ1v) is 7.26. The van der Waals surface area contributed by atoms with Gasteiger partial charge in [-0.05, 0) is 25.5 Å². The number of nitrogens with two attached hydrogens (primary N) is 1. The molecule has 22 heavy (non-hydrogen) atoms. The summed E-state index contributed by atoms with van der Waals surface area (Å²) in [6, 6.07) is 15.6. The van der Waals surface area contributed by atoms with Crippen molar-refractivity contribution in [2.24, 2.45) is 5.73 Å². The highest BCUT2D eigenvalue weighted by Crippen LogP contribution is 2.26. The van der Waals surface area contributed by atoms with E-state index in [0.717, 1.165) is 5.56 Å². The Morgan fingerprint density at radius 1 is 1.14 bits per heavy atom. The average molecular weight is 300 g/mol. The van der Waals surface area contributed by atoms with Crippen LogP contribution in [-0.4, -0.2) is 12.5 Å². The second kappa shape index (κ2) is 6.71. The summed E-state index contributed by atoms with van der Waals surface area (Å²) in [5.41, 5.74) is 6.44. The maximum atomic E-state index is 13.9. The molecule has 0 radical (unpaired) electrons. The molecule has 1 amide bonds. The molecule has 2 aromatic carbocycles. The Kier molecular flexibility index (Phi) is 4.93. The smallest absolute Gasteiger partial charge is 0.230 e. The fourth-order valence-electron chi connectivity index (χ4n) is 2.33. The lowest BCUT2D eigenvalue weighted by Gasteiger charge is -2.25. The molecule has 0 fully saturated rings. The van der Waals surface area contributed by atoms with Gasteiger partial charge in [-0.15, -0.1) is 0 Å².